The maximum atomic E-state index is 10.5. The normalized spacial score (nSPS) is 26.1. The van der Waals surface area contributed by atoms with Crippen LogP contribution in [0.5, 0.6) is 0 Å². The Balaban J connectivity index is 2.53. The van der Waals surface area contributed by atoms with Crippen molar-refractivity contribution < 1.29 is 4.79 Å². The molecule has 1 N–H and O–H groups in total. The van der Waals surface area contributed by atoms with Crippen LogP contribution >= 0.6 is 0 Å². The summed E-state index contributed by atoms with van der Waals surface area (Å²) in [5, 5.41) is 6.94. The summed E-state index contributed by atoms with van der Waals surface area (Å²) in [6.45, 7) is 1.90. The van der Waals surface area contributed by atoms with Crippen molar-refractivity contribution in [3.8, 4) is 0 Å². The quantitative estimate of drug-likeness (QED) is 0.521. The van der Waals surface area contributed by atoms with Crippen LogP contribution in [-0.4, -0.2) is 11.9 Å². The molecule has 0 saturated carbocycles. The molecule has 1 rings (SSSR count). The molecule has 1 unspecified atom stereocenters. The summed E-state index contributed by atoms with van der Waals surface area (Å²) in [5.41, 5.74) is 2.24. The Morgan fingerprint density at radius 3 is 2.88 bits per heavy atom. The molecular formula is C4H7N3O. The molecule has 0 radical (unpaired) electrons. The lowest BCUT2D eigenvalue weighted by atomic mass is 10.2. The SMILES string of the molecule is CCC1N=NNC1=O. The van der Waals surface area contributed by atoms with Gasteiger partial charge in [0.05, 0.1) is 0 Å². The summed E-state index contributed by atoms with van der Waals surface area (Å²) in [4.78, 5) is 10.5. The van der Waals surface area contributed by atoms with Crippen LogP contribution in [0.15, 0.2) is 10.3 Å². The van der Waals surface area contributed by atoms with Crippen LogP contribution < -0.4 is 5.43 Å². The maximum Gasteiger partial charge on any atom is 0.268 e. The fraction of sp³-hybridized carbons (Fsp3) is 0.750. The van der Waals surface area contributed by atoms with Gasteiger partial charge in [-0.05, 0) is 6.42 Å². The van der Waals surface area contributed by atoms with Gasteiger partial charge in [0, 0.05) is 0 Å². The minimum Gasteiger partial charge on any atom is -0.271 e. The van der Waals surface area contributed by atoms with Crippen LogP contribution in [0.25, 0.3) is 0 Å². The molecule has 1 aliphatic heterocycles. The van der Waals surface area contributed by atoms with Gasteiger partial charge < -0.3 is 0 Å². The van der Waals surface area contributed by atoms with Crippen molar-refractivity contribution in [1.29, 1.82) is 0 Å². The molecule has 4 heteroatoms. The van der Waals surface area contributed by atoms with Crippen molar-refractivity contribution in [3.63, 3.8) is 0 Å². The Kier molecular flexibility index (Phi) is 1.24. The molecule has 0 bridgehead atoms. The van der Waals surface area contributed by atoms with Gasteiger partial charge in [-0.25, -0.2) is 5.43 Å². The zero-order chi connectivity index (χ0) is 5.98. The van der Waals surface area contributed by atoms with E-state index >= 15 is 0 Å². The topological polar surface area (TPSA) is 53.8 Å². The van der Waals surface area contributed by atoms with Crippen molar-refractivity contribution in [2.75, 3.05) is 0 Å². The van der Waals surface area contributed by atoms with Gasteiger partial charge in [0.15, 0.2) is 6.04 Å². The predicted octanol–water partition coefficient (Wildman–Crippen LogP) is 0.262. The Labute approximate surface area is 47.0 Å². The summed E-state index contributed by atoms with van der Waals surface area (Å²) in [5.74, 6) is -0.0903. The van der Waals surface area contributed by atoms with E-state index in [1.54, 1.807) is 0 Å². The van der Waals surface area contributed by atoms with E-state index in [4.69, 9.17) is 0 Å². The maximum absolute atomic E-state index is 10.5. The fourth-order valence-electron chi connectivity index (χ4n) is 0.542. The molecule has 0 aromatic rings. The average molecular weight is 113 g/mol. The molecule has 8 heavy (non-hydrogen) atoms. The monoisotopic (exact) mass is 113 g/mol. The van der Waals surface area contributed by atoms with Crippen molar-refractivity contribution >= 4 is 5.91 Å². The van der Waals surface area contributed by atoms with E-state index in [2.05, 4.69) is 15.8 Å². The second-order valence-corrected chi connectivity index (χ2v) is 1.62. The van der Waals surface area contributed by atoms with Gasteiger partial charge in [-0.15, -0.1) is 0 Å². The van der Waals surface area contributed by atoms with Gasteiger partial charge in [0.1, 0.15) is 0 Å². The molecule has 0 spiro atoms. The molecule has 1 atom stereocenters. The molecule has 1 amide bonds. The standard InChI is InChI=1S/C4H7N3O/c1-2-3-4(8)6-7-5-3/h3H,2H2,1H3,(H,5,6,8). The first-order chi connectivity index (χ1) is 3.84. The zero-order valence-corrected chi connectivity index (χ0v) is 4.59. The number of nitrogens with zero attached hydrogens (tertiary/aromatic N) is 2. The highest BCUT2D eigenvalue weighted by Gasteiger charge is 2.19. The summed E-state index contributed by atoms with van der Waals surface area (Å²) < 4.78 is 0. The molecule has 0 aromatic carbocycles. The number of amides is 1. The van der Waals surface area contributed by atoms with Gasteiger partial charge in [-0.1, -0.05) is 12.1 Å². The first kappa shape index (κ1) is 5.21. The number of hydrogen-bond donors (Lipinski definition) is 1. The van der Waals surface area contributed by atoms with E-state index in [9.17, 15) is 4.79 Å². The highest BCUT2D eigenvalue weighted by molar-refractivity contribution is 5.82. The zero-order valence-electron chi connectivity index (χ0n) is 4.59. The first-order valence-corrected chi connectivity index (χ1v) is 2.54. The van der Waals surface area contributed by atoms with Gasteiger partial charge in [-0.2, -0.15) is 5.11 Å². The van der Waals surface area contributed by atoms with Crippen LogP contribution in [0.1, 0.15) is 13.3 Å². The van der Waals surface area contributed by atoms with Crippen LogP contribution in [0.2, 0.25) is 0 Å². The summed E-state index contributed by atoms with van der Waals surface area (Å²) in [7, 11) is 0. The lowest BCUT2D eigenvalue weighted by Crippen LogP contribution is -2.22. The molecule has 0 aliphatic carbocycles. The van der Waals surface area contributed by atoms with Crippen molar-refractivity contribution in [2.45, 2.75) is 19.4 Å². The predicted molar refractivity (Wildman–Crippen MR) is 27.1 cm³/mol. The van der Waals surface area contributed by atoms with Gasteiger partial charge in [0.25, 0.3) is 5.91 Å². The van der Waals surface area contributed by atoms with Crippen LogP contribution in [0, 0.1) is 0 Å². The van der Waals surface area contributed by atoms with Crippen LogP contribution in [-0.2, 0) is 4.79 Å². The van der Waals surface area contributed by atoms with Crippen LogP contribution in [0.3, 0.4) is 0 Å². The van der Waals surface area contributed by atoms with Crippen molar-refractivity contribution in [2.24, 2.45) is 10.3 Å². The molecule has 44 valence electrons. The minimum atomic E-state index is -0.227. The lowest BCUT2D eigenvalue weighted by molar-refractivity contribution is -0.120. The fourth-order valence-corrected chi connectivity index (χ4v) is 0.542. The molecule has 4 nitrogen and oxygen atoms in total. The van der Waals surface area contributed by atoms with E-state index in [1.165, 1.54) is 0 Å². The molecule has 1 aliphatic rings. The third-order valence-electron chi connectivity index (χ3n) is 1.05. The van der Waals surface area contributed by atoms with E-state index in [-0.39, 0.29) is 11.9 Å². The smallest absolute Gasteiger partial charge is 0.268 e. The molecule has 1 heterocycles. The number of nitrogens with one attached hydrogen (secondary N) is 1. The highest BCUT2D eigenvalue weighted by Crippen LogP contribution is 2.02. The Hall–Kier alpha value is -0.930. The van der Waals surface area contributed by atoms with Gasteiger partial charge in [0.2, 0.25) is 0 Å². The Morgan fingerprint density at radius 2 is 2.62 bits per heavy atom. The van der Waals surface area contributed by atoms with Crippen molar-refractivity contribution in [3.05, 3.63) is 0 Å². The number of rotatable bonds is 1. The van der Waals surface area contributed by atoms with Crippen molar-refractivity contribution in [1.82, 2.24) is 5.43 Å². The van der Waals surface area contributed by atoms with E-state index < -0.39 is 0 Å². The van der Waals surface area contributed by atoms with Crippen LogP contribution in [0.4, 0.5) is 0 Å². The number of carbonyl (C=O) groups excluding carboxylic acids is 1. The largest absolute Gasteiger partial charge is 0.271 e. The lowest BCUT2D eigenvalue weighted by Gasteiger charge is -1.92. The number of carbonyl (C=O) groups is 1. The van der Waals surface area contributed by atoms with E-state index in [0.29, 0.717) is 0 Å². The minimum absolute atomic E-state index is 0.0903. The highest BCUT2D eigenvalue weighted by atomic mass is 16.2. The molecule has 0 saturated heterocycles. The average Bonchev–Trinajstić information content (AvgIpc) is 2.14. The van der Waals surface area contributed by atoms with Gasteiger partial charge in [-0.3, -0.25) is 4.79 Å². The van der Waals surface area contributed by atoms with Gasteiger partial charge >= 0.3 is 0 Å². The summed E-state index contributed by atoms with van der Waals surface area (Å²) in [6.07, 6.45) is 0.731. The first-order valence-electron chi connectivity index (χ1n) is 2.54. The Bertz CT molecular complexity index is 131. The number of hydrogen-bond acceptors (Lipinski definition) is 3. The molecule has 0 aromatic heterocycles. The molecule has 0 fully saturated rings. The second-order valence-electron chi connectivity index (χ2n) is 1.62. The third kappa shape index (κ3) is 0.685. The Morgan fingerprint density at radius 1 is 1.88 bits per heavy atom. The van der Waals surface area contributed by atoms with E-state index in [0.717, 1.165) is 6.42 Å². The summed E-state index contributed by atoms with van der Waals surface area (Å²) in [6, 6.07) is -0.227. The van der Waals surface area contributed by atoms with E-state index in [1.807, 2.05) is 6.92 Å². The molecular weight excluding hydrogens is 106 g/mol. The third-order valence-corrected chi connectivity index (χ3v) is 1.05. The second kappa shape index (κ2) is 1.90. The summed E-state index contributed by atoms with van der Waals surface area (Å²) >= 11 is 0.